The Kier molecular flexibility index (Phi) is 5.20. The van der Waals surface area contributed by atoms with Gasteiger partial charge in [-0.15, -0.1) is 27.7 Å². The molecule has 0 amide bonds. The number of furan rings is 1. The number of benzene rings is 3. The summed E-state index contributed by atoms with van der Waals surface area (Å²) in [6.45, 7) is 1.95. The van der Waals surface area contributed by atoms with E-state index in [0.717, 1.165) is 37.8 Å². The maximum atomic E-state index is 13.0. The lowest BCUT2D eigenvalue weighted by molar-refractivity contribution is 0.0990. The maximum absolute atomic E-state index is 13.0. The second kappa shape index (κ2) is 8.07. The Labute approximate surface area is 208 Å². The van der Waals surface area contributed by atoms with E-state index in [-0.39, 0.29) is 22.9 Å². The molecule has 3 aromatic carbocycles. The molecule has 168 valence electrons. The number of aromatic nitrogens is 1. The van der Waals surface area contributed by atoms with Crippen molar-refractivity contribution < 1.29 is 18.4 Å². The smallest absolute Gasteiger partial charge is 0.266 e. The molecule has 5 nitrogen and oxygen atoms in total. The first-order chi connectivity index (χ1) is 16.7. The highest BCUT2D eigenvalue weighted by atomic mass is 31.0. The van der Waals surface area contributed by atoms with E-state index in [0.29, 0.717) is 33.8 Å². The number of allylic oxidation sites excluding steroid dienone is 1. The second-order valence-corrected chi connectivity index (χ2v) is 10.2. The van der Waals surface area contributed by atoms with Gasteiger partial charge in [0.25, 0.3) is 5.71 Å². The Morgan fingerprint density at radius 2 is 1.51 bits per heavy atom. The van der Waals surface area contributed by atoms with Crippen LogP contribution in [0.2, 0.25) is 0 Å². The normalized spacial score (nSPS) is 13.3. The first-order valence-corrected chi connectivity index (χ1v) is 12.4. The van der Waals surface area contributed by atoms with Gasteiger partial charge in [0.1, 0.15) is 13.6 Å². The molecule has 1 aliphatic rings. The van der Waals surface area contributed by atoms with Crippen molar-refractivity contribution in [3.8, 4) is 11.5 Å². The van der Waals surface area contributed by atoms with Crippen molar-refractivity contribution >= 4 is 96.7 Å². The summed E-state index contributed by atoms with van der Waals surface area (Å²) in [5, 5.41) is 4.48. The number of ketones is 2. The third-order valence-corrected chi connectivity index (χ3v) is 8.68. The molecule has 0 N–H and O–H groups in total. The molecular weight excluding hydrogens is 494 g/mol. The Bertz CT molecular complexity index is 1680. The molecule has 5 aromatic rings. The second-order valence-electron chi connectivity index (χ2n) is 8.45. The molecule has 9 heteroatoms. The topological polar surface area (TPSA) is 73.3 Å². The van der Waals surface area contributed by atoms with Crippen LogP contribution in [0.4, 0.5) is 0 Å². The summed E-state index contributed by atoms with van der Waals surface area (Å²) in [5.74, 6) is 0.0522. The lowest BCUT2D eigenvalue weighted by atomic mass is 9.89. The van der Waals surface area contributed by atoms with E-state index < -0.39 is 0 Å². The average Bonchev–Trinajstić information content (AvgIpc) is 3.48. The zero-order valence-electron chi connectivity index (χ0n) is 18.5. The van der Waals surface area contributed by atoms with Gasteiger partial charge in [-0.1, -0.05) is 29.7 Å². The number of Topliss-reactive ketones (excluding diaryl/α,β-unsaturated/α-hetero) is 2. The van der Waals surface area contributed by atoms with Crippen LogP contribution in [-0.2, 0) is 0 Å². The molecule has 35 heavy (non-hydrogen) atoms. The molecule has 2 aromatic heterocycles. The number of carbonyl (C=O) groups excluding carboxylic acids is 2. The molecule has 0 saturated carbocycles. The van der Waals surface area contributed by atoms with Gasteiger partial charge in [0, 0.05) is 17.2 Å². The summed E-state index contributed by atoms with van der Waals surface area (Å²) in [6.07, 6.45) is 1.46. The Hall–Kier alpha value is -2.90. The highest BCUT2D eigenvalue weighted by molar-refractivity contribution is 7.37. The lowest BCUT2D eigenvalue weighted by Crippen LogP contribution is -2.36. The van der Waals surface area contributed by atoms with Gasteiger partial charge in [-0.25, -0.2) is 0 Å². The van der Waals surface area contributed by atoms with Crippen molar-refractivity contribution in [2.45, 2.75) is 6.92 Å². The summed E-state index contributed by atoms with van der Waals surface area (Å²) in [6, 6.07) is 12.8. The Morgan fingerprint density at radius 3 is 2.11 bits per heavy atom. The zero-order valence-corrected chi connectivity index (χ0v) is 22.0. The zero-order chi connectivity index (χ0) is 24.6. The van der Waals surface area contributed by atoms with Crippen LogP contribution in [0, 0.1) is 6.92 Å². The van der Waals surface area contributed by atoms with Gasteiger partial charge in [0.05, 0.1) is 11.1 Å². The number of rotatable bonds is 2. The quantitative estimate of drug-likeness (QED) is 0.158. The van der Waals surface area contributed by atoms with Crippen molar-refractivity contribution in [1.29, 1.82) is 0 Å². The summed E-state index contributed by atoms with van der Waals surface area (Å²) < 4.78 is 11.8. The van der Waals surface area contributed by atoms with Crippen molar-refractivity contribution in [2.24, 2.45) is 0 Å². The summed E-state index contributed by atoms with van der Waals surface area (Å²) in [4.78, 5) is 30.6. The molecule has 2 heterocycles. The fourth-order valence-electron chi connectivity index (χ4n) is 4.41. The minimum atomic E-state index is -0.319. The van der Waals surface area contributed by atoms with E-state index in [1.165, 1.54) is 6.08 Å². The van der Waals surface area contributed by atoms with Gasteiger partial charge in [-0.3, -0.25) is 9.59 Å². The number of nitrogens with zero attached hydrogens (tertiary/aromatic N) is 1. The Morgan fingerprint density at radius 1 is 0.886 bits per heavy atom. The largest absolute Gasteiger partial charge is 0.436 e. The van der Waals surface area contributed by atoms with Gasteiger partial charge >= 0.3 is 0 Å². The third kappa shape index (κ3) is 3.39. The summed E-state index contributed by atoms with van der Waals surface area (Å²) >= 11 is 0. The van der Waals surface area contributed by atoms with Crippen LogP contribution in [-0.4, -0.2) is 24.4 Å². The van der Waals surface area contributed by atoms with Crippen molar-refractivity contribution in [1.82, 2.24) is 4.98 Å². The standard InChI is InChI=1S/C26H17BNO4P3/c1-10-19(27)23(34)18(24(35)22(10)33)26-28-25-17(32-26)9-13(31-25)8-16-20(29)14-6-11-4-2-3-5-12(11)7-15(14)21(16)30/h2-9H,33-35H2,1H3. The molecule has 3 atom stereocenters. The maximum Gasteiger partial charge on any atom is 0.266 e. The minimum absolute atomic E-state index is 0.0605. The molecule has 2 radical (unpaired) electrons. The van der Waals surface area contributed by atoms with E-state index in [1.807, 2.05) is 31.2 Å². The van der Waals surface area contributed by atoms with E-state index in [4.69, 9.17) is 16.7 Å². The van der Waals surface area contributed by atoms with Gasteiger partial charge in [0.15, 0.2) is 17.1 Å². The van der Waals surface area contributed by atoms with Gasteiger partial charge < -0.3 is 8.83 Å². The number of carbonyl (C=O) groups is 2. The molecule has 0 saturated heterocycles. The van der Waals surface area contributed by atoms with Crippen LogP contribution in [0.15, 0.2) is 56.9 Å². The van der Waals surface area contributed by atoms with E-state index in [9.17, 15) is 9.59 Å². The highest BCUT2D eigenvalue weighted by Crippen LogP contribution is 2.33. The minimum Gasteiger partial charge on any atom is -0.436 e. The van der Waals surface area contributed by atoms with E-state index in [1.54, 1.807) is 18.2 Å². The van der Waals surface area contributed by atoms with Crippen LogP contribution < -0.4 is 21.4 Å². The first kappa shape index (κ1) is 22.6. The molecule has 0 bridgehead atoms. The van der Waals surface area contributed by atoms with Gasteiger partial charge in [-0.2, -0.15) is 4.98 Å². The molecule has 0 spiro atoms. The molecule has 0 aliphatic heterocycles. The Balaban J connectivity index is 1.40. The fourth-order valence-corrected chi connectivity index (χ4v) is 5.86. The number of oxazole rings is 1. The predicted molar refractivity (Wildman–Crippen MR) is 150 cm³/mol. The van der Waals surface area contributed by atoms with Crippen LogP contribution in [0.1, 0.15) is 32.0 Å². The summed E-state index contributed by atoms with van der Waals surface area (Å²) in [5.41, 5.74) is 3.92. The van der Waals surface area contributed by atoms with Crippen molar-refractivity contribution in [3.05, 3.63) is 70.5 Å². The SMILES string of the molecule is [B]c1c(C)c(P)c(P)c(-c2nc3oc(C=C4C(=O)c5cc6ccccc6cc5C4=O)cc3o2)c1P. The monoisotopic (exact) mass is 511 g/mol. The van der Waals surface area contributed by atoms with Crippen molar-refractivity contribution in [2.75, 3.05) is 0 Å². The van der Waals surface area contributed by atoms with Crippen LogP contribution in [0.5, 0.6) is 0 Å². The van der Waals surface area contributed by atoms with Crippen LogP contribution in [0.3, 0.4) is 0 Å². The number of fused-ring (bicyclic) bond motifs is 3. The van der Waals surface area contributed by atoms with Crippen LogP contribution in [0.25, 0.3) is 39.6 Å². The van der Waals surface area contributed by atoms with Crippen LogP contribution >= 0.6 is 27.7 Å². The molecule has 6 rings (SSSR count). The third-order valence-electron chi connectivity index (χ3n) is 6.40. The predicted octanol–water partition coefficient (Wildman–Crippen LogP) is 3.31. The van der Waals surface area contributed by atoms with Gasteiger partial charge in [-0.05, 0) is 57.4 Å². The summed E-state index contributed by atoms with van der Waals surface area (Å²) in [7, 11) is 14.3. The van der Waals surface area contributed by atoms with Gasteiger partial charge in [0.2, 0.25) is 5.89 Å². The molecule has 1 aliphatic carbocycles. The molecular formula is C26H17BNO4P3. The number of hydrogen-bond acceptors (Lipinski definition) is 5. The lowest BCUT2D eigenvalue weighted by Gasteiger charge is -2.16. The fraction of sp³-hybridized carbons (Fsp3) is 0.0385. The molecule has 0 fully saturated rings. The van der Waals surface area contributed by atoms with Crippen molar-refractivity contribution in [3.63, 3.8) is 0 Å². The number of hydrogen-bond donors (Lipinski definition) is 0. The van der Waals surface area contributed by atoms with E-state index >= 15 is 0 Å². The first-order valence-electron chi connectivity index (χ1n) is 10.7. The average molecular weight is 511 g/mol. The highest BCUT2D eigenvalue weighted by Gasteiger charge is 2.34. The molecule has 3 unspecified atom stereocenters. The van der Waals surface area contributed by atoms with E-state index in [2.05, 4.69) is 32.7 Å².